The van der Waals surface area contributed by atoms with E-state index in [1.165, 1.54) is 0 Å². The van der Waals surface area contributed by atoms with E-state index in [1.807, 2.05) is 0 Å². The Morgan fingerprint density at radius 2 is 1.68 bits per heavy atom. The van der Waals surface area contributed by atoms with Gasteiger partial charge in [0.25, 0.3) is 5.56 Å². The molecule has 2 aromatic rings. The van der Waals surface area contributed by atoms with E-state index in [0.717, 1.165) is 10.6 Å². The molecule has 1 aliphatic heterocycles. The number of halogens is 6. The van der Waals surface area contributed by atoms with Crippen LogP contribution in [0.5, 0.6) is 5.75 Å². The number of piperidine rings is 1. The highest BCUT2D eigenvalue weighted by Gasteiger charge is 2.35. The van der Waals surface area contributed by atoms with E-state index in [0.29, 0.717) is 50.3 Å². The fourth-order valence-corrected chi connectivity index (χ4v) is 3.23. The third-order valence-corrected chi connectivity index (χ3v) is 4.65. The van der Waals surface area contributed by atoms with Gasteiger partial charge in [0.2, 0.25) is 0 Å². The maximum Gasteiger partial charge on any atom is 0.417 e. The van der Waals surface area contributed by atoms with Crippen molar-refractivity contribution in [1.82, 2.24) is 9.88 Å². The Morgan fingerprint density at radius 1 is 1.00 bits per heavy atom. The van der Waals surface area contributed by atoms with Gasteiger partial charge in [-0.15, -0.1) is 0 Å². The molecule has 1 aliphatic rings. The fourth-order valence-electron chi connectivity index (χ4n) is 3.23. The Hall–Kier alpha value is -2.49. The molecule has 0 aliphatic carbocycles. The molecule has 1 aromatic heterocycles. The molecular weight excluding hydrogens is 390 g/mol. The highest BCUT2D eigenvalue weighted by molar-refractivity contribution is 5.70. The standard InChI is InChI=1S/C18H16F6N2O2/c19-17(20,21)10-3-4-13(15(27)7-10)14-6-11(18(22,23)24)9-26(16(14)28)12-2-1-5-25-8-12/h3-4,6-7,9,12,25,27H,1-2,5,8H2. The Labute approximate surface area is 155 Å². The average Bonchev–Trinajstić information content (AvgIpc) is 2.61. The maximum absolute atomic E-state index is 13.3. The largest absolute Gasteiger partial charge is 0.507 e. The number of phenolic OH excluding ortho intramolecular Hbond substituents is 1. The molecule has 0 saturated carbocycles. The predicted octanol–water partition coefficient (Wildman–Crippen LogP) is 4.18. The summed E-state index contributed by atoms with van der Waals surface area (Å²) < 4.78 is 79.3. The van der Waals surface area contributed by atoms with Crippen LogP contribution in [0.4, 0.5) is 26.3 Å². The van der Waals surface area contributed by atoms with Crippen molar-refractivity contribution in [2.75, 3.05) is 13.1 Å². The summed E-state index contributed by atoms with van der Waals surface area (Å²) in [5.74, 6) is -0.917. The Balaban J connectivity index is 2.19. The van der Waals surface area contributed by atoms with E-state index in [9.17, 15) is 36.2 Å². The van der Waals surface area contributed by atoms with Gasteiger partial charge in [0.1, 0.15) is 5.75 Å². The van der Waals surface area contributed by atoms with E-state index in [1.54, 1.807) is 0 Å². The first-order valence-electron chi connectivity index (χ1n) is 8.43. The summed E-state index contributed by atoms with van der Waals surface area (Å²) in [7, 11) is 0. The Kier molecular flexibility index (Phi) is 5.18. The van der Waals surface area contributed by atoms with Crippen LogP contribution in [0.1, 0.15) is 30.0 Å². The van der Waals surface area contributed by atoms with E-state index >= 15 is 0 Å². The average molecular weight is 406 g/mol. The minimum absolute atomic E-state index is 0.291. The van der Waals surface area contributed by atoms with E-state index in [2.05, 4.69) is 5.32 Å². The van der Waals surface area contributed by atoms with Crippen molar-refractivity contribution in [3.05, 3.63) is 51.9 Å². The van der Waals surface area contributed by atoms with Gasteiger partial charge < -0.3 is 15.0 Å². The number of phenols is 1. The van der Waals surface area contributed by atoms with E-state index in [4.69, 9.17) is 0 Å². The van der Waals surface area contributed by atoms with Gasteiger partial charge in [0, 0.05) is 24.3 Å². The molecule has 3 rings (SSSR count). The van der Waals surface area contributed by atoms with Gasteiger partial charge in [-0.1, -0.05) is 0 Å². The number of hydrogen-bond acceptors (Lipinski definition) is 3. The Bertz CT molecular complexity index is 927. The molecule has 2 N–H and O–H groups in total. The van der Waals surface area contributed by atoms with Crippen LogP contribution in [0.15, 0.2) is 35.3 Å². The van der Waals surface area contributed by atoms with Crippen molar-refractivity contribution in [2.45, 2.75) is 31.2 Å². The first kappa shape index (κ1) is 20.2. The van der Waals surface area contributed by atoms with E-state index in [-0.39, 0.29) is 5.56 Å². The number of rotatable bonds is 2. The highest BCUT2D eigenvalue weighted by Crippen LogP contribution is 2.37. The zero-order valence-electron chi connectivity index (χ0n) is 14.4. The van der Waals surface area contributed by atoms with Gasteiger partial charge in [-0.3, -0.25) is 4.79 Å². The minimum atomic E-state index is -4.77. The molecule has 2 heterocycles. The summed E-state index contributed by atoms with van der Waals surface area (Å²) in [4.78, 5) is 12.8. The molecule has 1 fully saturated rings. The molecule has 4 nitrogen and oxygen atoms in total. The molecule has 28 heavy (non-hydrogen) atoms. The number of benzene rings is 1. The van der Waals surface area contributed by atoms with Crippen molar-refractivity contribution in [2.24, 2.45) is 0 Å². The van der Waals surface area contributed by atoms with Crippen LogP contribution >= 0.6 is 0 Å². The van der Waals surface area contributed by atoms with Crippen LogP contribution < -0.4 is 10.9 Å². The van der Waals surface area contributed by atoms with Gasteiger partial charge in [0.15, 0.2) is 0 Å². The molecule has 1 atom stereocenters. The summed E-state index contributed by atoms with van der Waals surface area (Å²) in [6, 6.07) is 1.83. The number of nitrogens with zero attached hydrogens (tertiary/aromatic N) is 1. The molecule has 1 unspecified atom stereocenters. The lowest BCUT2D eigenvalue weighted by atomic mass is 10.0. The van der Waals surface area contributed by atoms with Gasteiger partial charge in [0.05, 0.1) is 16.7 Å². The summed E-state index contributed by atoms with van der Waals surface area (Å²) in [6.45, 7) is 0.969. The Morgan fingerprint density at radius 3 is 2.21 bits per heavy atom. The lowest BCUT2D eigenvalue weighted by Crippen LogP contribution is -2.37. The maximum atomic E-state index is 13.3. The predicted molar refractivity (Wildman–Crippen MR) is 88.9 cm³/mol. The summed E-state index contributed by atoms with van der Waals surface area (Å²) in [5.41, 5.74) is -3.99. The second-order valence-corrected chi connectivity index (χ2v) is 6.58. The third kappa shape index (κ3) is 4.01. The van der Waals surface area contributed by atoms with E-state index < -0.39 is 46.4 Å². The van der Waals surface area contributed by atoms with Crippen molar-refractivity contribution < 1.29 is 31.4 Å². The van der Waals surface area contributed by atoms with Crippen LogP contribution in [-0.2, 0) is 12.4 Å². The molecule has 0 amide bonds. The fraction of sp³-hybridized carbons (Fsp3) is 0.389. The second-order valence-electron chi connectivity index (χ2n) is 6.58. The molecule has 10 heteroatoms. The quantitative estimate of drug-likeness (QED) is 0.736. The van der Waals surface area contributed by atoms with Gasteiger partial charge >= 0.3 is 12.4 Å². The van der Waals surface area contributed by atoms with Gasteiger partial charge in [-0.05, 0) is 43.7 Å². The van der Waals surface area contributed by atoms with Crippen LogP contribution in [0.2, 0.25) is 0 Å². The summed E-state index contributed by atoms with van der Waals surface area (Å²) in [6.07, 6.45) is -7.66. The first-order chi connectivity index (χ1) is 13.0. The van der Waals surface area contributed by atoms with Gasteiger partial charge in [-0.25, -0.2) is 0 Å². The zero-order chi connectivity index (χ0) is 20.7. The van der Waals surface area contributed by atoms with Crippen molar-refractivity contribution in [1.29, 1.82) is 0 Å². The smallest absolute Gasteiger partial charge is 0.417 e. The molecule has 152 valence electrons. The molecule has 0 radical (unpaired) electrons. The first-order valence-corrected chi connectivity index (χ1v) is 8.43. The van der Waals surface area contributed by atoms with Crippen LogP contribution in [0, 0.1) is 0 Å². The molecule has 1 saturated heterocycles. The normalized spacial score (nSPS) is 18.3. The molecular formula is C18H16F6N2O2. The molecule has 0 bridgehead atoms. The molecule has 0 spiro atoms. The monoisotopic (exact) mass is 406 g/mol. The second kappa shape index (κ2) is 7.16. The minimum Gasteiger partial charge on any atom is -0.507 e. The number of hydrogen-bond donors (Lipinski definition) is 2. The number of pyridine rings is 1. The molecule has 1 aromatic carbocycles. The lowest BCUT2D eigenvalue weighted by Gasteiger charge is -2.26. The third-order valence-electron chi connectivity index (χ3n) is 4.65. The number of alkyl halides is 6. The summed E-state index contributed by atoms with van der Waals surface area (Å²) >= 11 is 0. The van der Waals surface area contributed by atoms with Gasteiger partial charge in [-0.2, -0.15) is 26.3 Å². The number of nitrogens with one attached hydrogen (secondary N) is 1. The zero-order valence-corrected chi connectivity index (χ0v) is 14.4. The SMILES string of the molecule is O=c1c(-c2ccc(C(F)(F)F)cc2O)cc(C(F)(F)F)cn1C1CCCNC1. The van der Waals surface area contributed by atoms with Crippen LogP contribution in [0.25, 0.3) is 11.1 Å². The lowest BCUT2D eigenvalue weighted by molar-refractivity contribution is -0.138. The number of aromatic nitrogens is 1. The topological polar surface area (TPSA) is 54.3 Å². The van der Waals surface area contributed by atoms with Crippen molar-refractivity contribution in [3.8, 4) is 16.9 Å². The highest BCUT2D eigenvalue weighted by atomic mass is 19.4. The van der Waals surface area contributed by atoms with Crippen LogP contribution in [0.3, 0.4) is 0 Å². The number of aromatic hydroxyl groups is 1. The summed E-state index contributed by atoms with van der Waals surface area (Å²) in [5, 5.41) is 13.0. The van der Waals surface area contributed by atoms with Crippen LogP contribution in [-0.4, -0.2) is 22.8 Å². The van der Waals surface area contributed by atoms with Crippen molar-refractivity contribution >= 4 is 0 Å². The van der Waals surface area contributed by atoms with Crippen molar-refractivity contribution in [3.63, 3.8) is 0 Å².